The molecule has 0 radical (unpaired) electrons. The third-order valence-electron chi connectivity index (χ3n) is 4.64. The van der Waals surface area contributed by atoms with Crippen LogP contribution in [0.5, 0.6) is 0 Å². The van der Waals surface area contributed by atoms with Crippen molar-refractivity contribution in [1.29, 1.82) is 0 Å². The molecule has 6 heteroatoms. The number of carbonyl (C=O) groups excluding carboxylic acids is 1. The first-order valence-corrected chi connectivity index (χ1v) is 9.97. The summed E-state index contributed by atoms with van der Waals surface area (Å²) in [7, 11) is 1.43. The number of thiophene rings is 1. The molecule has 0 spiro atoms. The zero-order valence-electron chi connectivity index (χ0n) is 13.4. The zero-order valence-corrected chi connectivity index (χ0v) is 15.1. The molecule has 0 amide bonds. The van der Waals surface area contributed by atoms with Crippen molar-refractivity contribution in [3.8, 4) is 0 Å². The maximum absolute atomic E-state index is 11.5. The molecule has 0 aromatic carbocycles. The molecule has 4 nitrogen and oxygen atoms in total. The van der Waals surface area contributed by atoms with E-state index in [2.05, 4.69) is 6.92 Å². The highest BCUT2D eigenvalue weighted by Crippen LogP contribution is 2.44. The molecule has 0 bridgehead atoms. The van der Waals surface area contributed by atoms with Crippen LogP contribution in [-0.2, 0) is 22.4 Å². The molecule has 1 atom stereocenters. The Morgan fingerprint density at radius 2 is 2.17 bits per heavy atom. The van der Waals surface area contributed by atoms with Gasteiger partial charge in [-0.05, 0) is 43.6 Å². The van der Waals surface area contributed by atoms with E-state index in [4.69, 9.17) is 14.7 Å². The molecular formula is C17H20N2O2S2. The largest absolute Gasteiger partial charge is 0.468 e. The molecule has 4 rings (SSSR count). The van der Waals surface area contributed by atoms with Crippen LogP contribution in [0, 0.1) is 5.92 Å². The number of aryl methyl sites for hydroxylation is 1. The predicted molar refractivity (Wildman–Crippen MR) is 93.3 cm³/mol. The summed E-state index contributed by atoms with van der Waals surface area (Å²) < 4.78 is 4.78. The number of fused-ring (bicyclic) bond motifs is 3. The van der Waals surface area contributed by atoms with Crippen molar-refractivity contribution >= 4 is 39.3 Å². The molecule has 0 N–H and O–H groups in total. The van der Waals surface area contributed by atoms with Gasteiger partial charge in [0, 0.05) is 16.2 Å². The second-order valence-electron chi connectivity index (χ2n) is 6.56. The molecule has 2 heterocycles. The van der Waals surface area contributed by atoms with Gasteiger partial charge in [0.2, 0.25) is 0 Å². The van der Waals surface area contributed by atoms with Crippen LogP contribution in [0.15, 0.2) is 5.03 Å². The molecule has 23 heavy (non-hydrogen) atoms. The SMILES string of the molecule is COC(=O)CSc1nc(C2CC2)nc2sc3c(c12)CCC(C)C3. The summed E-state index contributed by atoms with van der Waals surface area (Å²) in [6, 6.07) is 0. The first-order chi connectivity index (χ1) is 11.2. The molecule has 122 valence electrons. The minimum absolute atomic E-state index is 0.201. The van der Waals surface area contributed by atoms with E-state index in [1.165, 1.54) is 54.0 Å². The number of carbonyl (C=O) groups is 1. The average molecular weight is 348 g/mol. The Hall–Kier alpha value is -1.14. The van der Waals surface area contributed by atoms with Gasteiger partial charge in [-0.25, -0.2) is 9.97 Å². The molecule has 0 aliphatic heterocycles. The fourth-order valence-corrected chi connectivity index (χ4v) is 5.49. The Labute approximate surface area is 144 Å². The van der Waals surface area contributed by atoms with Gasteiger partial charge >= 0.3 is 5.97 Å². The number of thioether (sulfide) groups is 1. The topological polar surface area (TPSA) is 52.1 Å². The van der Waals surface area contributed by atoms with Gasteiger partial charge in [0.25, 0.3) is 0 Å². The number of esters is 1. The Morgan fingerprint density at radius 1 is 1.35 bits per heavy atom. The first kappa shape index (κ1) is 15.4. The van der Waals surface area contributed by atoms with Crippen LogP contribution in [0.2, 0.25) is 0 Å². The zero-order chi connectivity index (χ0) is 16.0. The number of methoxy groups -OCH3 is 1. The van der Waals surface area contributed by atoms with E-state index in [1.54, 1.807) is 0 Å². The van der Waals surface area contributed by atoms with Crippen molar-refractivity contribution in [2.75, 3.05) is 12.9 Å². The van der Waals surface area contributed by atoms with Crippen LogP contribution in [0.3, 0.4) is 0 Å². The third-order valence-corrected chi connectivity index (χ3v) is 6.73. The van der Waals surface area contributed by atoms with E-state index < -0.39 is 0 Å². The van der Waals surface area contributed by atoms with Gasteiger partial charge in [0.15, 0.2) is 0 Å². The normalized spacial score (nSPS) is 20.5. The Morgan fingerprint density at radius 3 is 2.91 bits per heavy atom. The lowest BCUT2D eigenvalue weighted by atomic mass is 9.89. The summed E-state index contributed by atoms with van der Waals surface area (Å²) >= 11 is 3.34. The quantitative estimate of drug-likeness (QED) is 0.475. The minimum Gasteiger partial charge on any atom is -0.468 e. The summed E-state index contributed by atoms with van der Waals surface area (Å²) in [6.45, 7) is 2.32. The van der Waals surface area contributed by atoms with E-state index >= 15 is 0 Å². The highest BCUT2D eigenvalue weighted by molar-refractivity contribution is 8.00. The monoisotopic (exact) mass is 348 g/mol. The lowest BCUT2D eigenvalue weighted by Crippen LogP contribution is -2.09. The van der Waals surface area contributed by atoms with E-state index in [9.17, 15) is 4.79 Å². The second kappa shape index (κ2) is 6.06. The van der Waals surface area contributed by atoms with Gasteiger partial charge in [-0.15, -0.1) is 11.3 Å². The van der Waals surface area contributed by atoms with Gasteiger partial charge in [0.1, 0.15) is 15.7 Å². The summed E-state index contributed by atoms with van der Waals surface area (Å²) in [5.74, 6) is 2.35. The lowest BCUT2D eigenvalue weighted by molar-refractivity contribution is -0.137. The number of nitrogens with zero attached hydrogens (tertiary/aromatic N) is 2. The van der Waals surface area contributed by atoms with E-state index in [1.807, 2.05) is 11.3 Å². The lowest BCUT2D eigenvalue weighted by Gasteiger charge is -2.18. The highest BCUT2D eigenvalue weighted by Gasteiger charge is 2.30. The van der Waals surface area contributed by atoms with Crippen molar-refractivity contribution in [2.24, 2.45) is 5.92 Å². The van der Waals surface area contributed by atoms with Gasteiger partial charge in [-0.3, -0.25) is 4.79 Å². The molecule has 2 aromatic rings. The maximum Gasteiger partial charge on any atom is 0.316 e. The number of ether oxygens (including phenoxy) is 1. The summed E-state index contributed by atoms with van der Waals surface area (Å²) in [6.07, 6.45) is 5.86. The Kier molecular flexibility index (Phi) is 4.05. The first-order valence-electron chi connectivity index (χ1n) is 8.17. The minimum atomic E-state index is -0.201. The van der Waals surface area contributed by atoms with Gasteiger partial charge in [0.05, 0.1) is 12.9 Å². The predicted octanol–water partition coefficient (Wildman–Crippen LogP) is 3.96. The second-order valence-corrected chi connectivity index (χ2v) is 8.61. The van der Waals surface area contributed by atoms with Crippen molar-refractivity contribution in [3.05, 3.63) is 16.3 Å². The van der Waals surface area contributed by atoms with Crippen molar-refractivity contribution in [2.45, 2.75) is 50.0 Å². The maximum atomic E-state index is 11.5. The summed E-state index contributed by atoms with van der Waals surface area (Å²) in [5, 5.41) is 2.18. The van der Waals surface area contributed by atoms with Crippen LogP contribution < -0.4 is 0 Å². The Balaban J connectivity index is 1.78. The molecule has 1 unspecified atom stereocenters. The highest BCUT2D eigenvalue weighted by atomic mass is 32.2. The van der Waals surface area contributed by atoms with E-state index in [-0.39, 0.29) is 5.97 Å². The third kappa shape index (κ3) is 2.98. The van der Waals surface area contributed by atoms with Crippen molar-refractivity contribution < 1.29 is 9.53 Å². The molecule has 2 aromatic heterocycles. The van der Waals surface area contributed by atoms with Gasteiger partial charge < -0.3 is 4.74 Å². The molecule has 1 saturated carbocycles. The van der Waals surface area contributed by atoms with Crippen LogP contribution in [0.1, 0.15) is 48.4 Å². The van der Waals surface area contributed by atoms with Crippen LogP contribution in [0.25, 0.3) is 10.2 Å². The van der Waals surface area contributed by atoms with Gasteiger partial charge in [-0.2, -0.15) is 0 Å². The van der Waals surface area contributed by atoms with Gasteiger partial charge in [-0.1, -0.05) is 18.7 Å². The number of aromatic nitrogens is 2. The molecular weight excluding hydrogens is 328 g/mol. The smallest absolute Gasteiger partial charge is 0.316 e. The number of hydrogen-bond acceptors (Lipinski definition) is 6. The van der Waals surface area contributed by atoms with Crippen molar-refractivity contribution in [1.82, 2.24) is 9.97 Å². The molecule has 2 aliphatic carbocycles. The molecule has 1 fully saturated rings. The van der Waals surface area contributed by atoms with Crippen molar-refractivity contribution in [3.63, 3.8) is 0 Å². The van der Waals surface area contributed by atoms with Crippen LogP contribution >= 0.6 is 23.1 Å². The number of hydrogen-bond donors (Lipinski definition) is 0. The Bertz CT molecular complexity index is 768. The summed E-state index contributed by atoms with van der Waals surface area (Å²) in [4.78, 5) is 23.8. The molecule has 0 saturated heterocycles. The molecule has 2 aliphatic rings. The average Bonchev–Trinajstić information content (AvgIpc) is 3.33. The van der Waals surface area contributed by atoms with Crippen LogP contribution in [0.4, 0.5) is 0 Å². The fraction of sp³-hybridized carbons (Fsp3) is 0.588. The van der Waals surface area contributed by atoms with E-state index in [0.29, 0.717) is 11.7 Å². The number of rotatable bonds is 4. The van der Waals surface area contributed by atoms with E-state index in [0.717, 1.165) is 34.4 Å². The standard InChI is InChI=1S/C17H20N2O2S2/c1-9-3-6-11-12(7-9)23-17-14(11)16(22-8-13(20)21-2)18-15(19-17)10-4-5-10/h9-10H,3-8H2,1-2H3. The summed E-state index contributed by atoms with van der Waals surface area (Å²) in [5.41, 5.74) is 1.43. The van der Waals surface area contributed by atoms with Crippen LogP contribution in [-0.4, -0.2) is 28.8 Å². The fourth-order valence-electron chi connectivity index (χ4n) is 3.14.